The first-order chi connectivity index (χ1) is 9.67. The molecule has 122 valence electrons. The van der Waals surface area contributed by atoms with Crippen LogP contribution in [0.15, 0.2) is 16.5 Å². The van der Waals surface area contributed by atoms with Crippen molar-refractivity contribution in [1.82, 2.24) is 10.2 Å². The molecule has 21 heavy (non-hydrogen) atoms. The highest BCUT2D eigenvalue weighted by Gasteiger charge is 2.32. The van der Waals surface area contributed by atoms with Crippen molar-refractivity contribution in [2.75, 3.05) is 13.1 Å². The van der Waals surface area contributed by atoms with Crippen molar-refractivity contribution in [1.29, 1.82) is 0 Å². The van der Waals surface area contributed by atoms with Gasteiger partial charge in [0.25, 0.3) is 0 Å². The van der Waals surface area contributed by atoms with Gasteiger partial charge in [-0.15, -0.1) is 0 Å². The molecule has 0 unspecified atom stereocenters. The van der Waals surface area contributed by atoms with E-state index in [-0.39, 0.29) is 12.6 Å². The van der Waals surface area contributed by atoms with E-state index in [9.17, 15) is 13.2 Å². The minimum atomic E-state index is -4.20. The van der Waals surface area contributed by atoms with E-state index in [0.717, 1.165) is 12.3 Å². The van der Waals surface area contributed by atoms with Crippen LogP contribution in [0.1, 0.15) is 39.2 Å². The average Bonchev–Trinajstić information content (AvgIpc) is 2.73. The van der Waals surface area contributed by atoms with Gasteiger partial charge in [0.1, 0.15) is 11.5 Å². The second-order valence-corrected chi connectivity index (χ2v) is 6.01. The van der Waals surface area contributed by atoms with Crippen LogP contribution in [-0.4, -0.2) is 30.2 Å². The third-order valence-electron chi connectivity index (χ3n) is 3.04. The van der Waals surface area contributed by atoms with Gasteiger partial charge in [-0.1, -0.05) is 13.8 Å². The van der Waals surface area contributed by atoms with Crippen molar-refractivity contribution < 1.29 is 17.6 Å². The Labute approximate surface area is 124 Å². The zero-order valence-corrected chi connectivity index (χ0v) is 13.1. The van der Waals surface area contributed by atoms with Crippen LogP contribution >= 0.6 is 0 Å². The van der Waals surface area contributed by atoms with E-state index in [0.29, 0.717) is 18.2 Å². The zero-order chi connectivity index (χ0) is 16.0. The number of alkyl halides is 3. The Hall–Kier alpha value is -1.01. The SMILES string of the molecule is CC(C)CNCc1ccc(CN(CC(F)(F)F)C(C)C)o1. The van der Waals surface area contributed by atoms with Crippen LogP contribution in [0.4, 0.5) is 13.2 Å². The van der Waals surface area contributed by atoms with E-state index in [1.165, 1.54) is 4.90 Å². The molecule has 0 fully saturated rings. The van der Waals surface area contributed by atoms with Crippen LogP contribution in [0.5, 0.6) is 0 Å². The Morgan fingerprint density at radius 1 is 1.14 bits per heavy atom. The lowest BCUT2D eigenvalue weighted by atomic mass is 10.2. The maximum atomic E-state index is 12.5. The highest BCUT2D eigenvalue weighted by Crippen LogP contribution is 2.20. The summed E-state index contributed by atoms with van der Waals surface area (Å²) in [6.45, 7) is 8.44. The first-order valence-electron chi connectivity index (χ1n) is 7.26. The first kappa shape index (κ1) is 18.0. The van der Waals surface area contributed by atoms with Crippen molar-refractivity contribution in [3.8, 4) is 0 Å². The summed E-state index contributed by atoms with van der Waals surface area (Å²) in [7, 11) is 0. The number of rotatable bonds is 8. The molecular formula is C15H25F3N2O. The van der Waals surface area contributed by atoms with E-state index in [1.807, 2.05) is 6.07 Å². The molecule has 0 radical (unpaired) electrons. The molecular weight excluding hydrogens is 281 g/mol. The van der Waals surface area contributed by atoms with E-state index in [2.05, 4.69) is 19.2 Å². The molecule has 0 bridgehead atoms. The van der Waals surface area contributed by atoms with Crippen LogP contribution in [-0.2, 0) is 13.1 Å². The summed E-state index contributed by atoms with van der Waals surface area (Å²) in [6.07, 6.45) is -4.20. The molecule has 1 aromatic rings. The Kier molecular flexibility index (Phi) is 6.74. The third kappa shape index (κ3) is 7.52. The van der Waals surface area contributed by atoms with Gasteiger partial charge in [-0.3, -0.25) is 4.90 Å². The minimum absolute atomic E-state index is 0.168. The molecule has 1 heterocycles. The van der Waals surface area contributed by atoms with Crippen molar-refractivity contribution in [2.45, 2.75) is 53.0 Å². The predicted octanol–water partition coefficient (Wildman–Crippen LogP) is 3.80. The highest BCUT2D eigenvalue weighted by atomic mass is 19.4. The van der Waals surface area contributed by atoms with Gasteiger partial charge in [-0.05, 0) is 38.4 Å². The minimum Gasteiger partial charge on any atom is -0.463 e. The number of halogens is 3. The van der Waals surface area contributed by atoms with Crippen LogP contribution in [0.3, 0.4) is 0 Å². The lowest BCUT2D eigenvalue weighted by Crippen LogP contribution is -2.38. The fraction of sp³-hybridized carbons (Fsp3) is 0.733. The molecule has 1 N–H and O–H groups in total. The number of furan rings is 1. The van der Waals surface area contributed by atoms with Gasteiger partial charge in [0.15, 0.2) is 0 Å². The van der Waals surface area contributed by atoms with Crippen molar-refractivity contribution in [3.05, 3.63) is 23.7 Å². The molecule has 0 saturated heterocycles. The molecule has 0 aliphatic carbocycles. The smallest absolute Gasteiger partial charge is 0.401 e. The van der Waals surface area contributed by atoms with Crippen LogP contribution in [0, 0.1) is 5.92 Å². The standard InChI is InChI=1S/C15H25F3N2O/c1-11(2)7-19-8-13-5-6-14(21-13)9-20(12(3)4)10-15(16,17)18/h5-6,11-12,19H,7-10H2,1-4H3. The number of hydrogen-bond donors (Lipinski definition) is 1. The second kappa shape index (κ2) is 7.84. The largest absolute Gasteiger partial charge is 0.463 e. The topological polar surface area (TPSA) is 28.4 Å². The summed E-state index contributed by atoms with van der Waals surface area (Å²) in [4.78, 5) is 1.35. The van der Waals surface area contributed by atoms with Crippen LogP contribution in [0.25, 0.3) is 0 Å². The Bertz CT molecular complexity index is 413. The van der Waals surface area contributed by atoms with Gasteiger partial charge in [0, 0.05) is 6.04 Å². The van der Waals surface area contributed by atoms with Crippen LogP contribution < -0.4 is 5.32 Å². The molecule has 0 spiro atoms. The zero-order valence-electron chi connectivity index (χ0n) is 13.1. The molecule has 0 aromatic carbocycles. The van der Waals surface area contributed by atoms with E-state index < -0.39 is 12.7 Å². The number of nitrogens with zero attached hydrogens (tertiary/aromatic N) is 1. The summed E-state index contributed by atoms with van der Waals surface area (Å²) < 4.78 is 43.2. The summed E-state index contributed by atoms with van der Waals surface area (Å²) in [5, 5.41) is 3.24. The number of hydrogen-bond acceptors (Lipinski definition) is 3. The van der Waals surface area contributed by atoms with E-state index in [1.54, 1.807) is 19.9 Å². The third-order valence-corrected chi connectivity index (χ3v) is 3.04. The Morgan fingerprint density at radius 2 is 1.76 bits per heavy atom. The van der Waals surface area contributed by atoms with E-state index in [4.69, 9.17) is 4.42 Å². The highest BCUT2D eigenvalue weighted by molar-refractivity contribution is 5.07. The molecule has 3 nitrogen and oxygen atoms in total. The lowest BCUT2D eigenvalue weighted by Gasteiger charge is -2.26. The van der Waals surface area contributed by atoms with Gasteiger partial charge in [0.05, 0.1) is 19.6 Å². The molecule has 1 rings (SSSR count). The molecule has 6 heteroatoms. The van der Waals surface area contributed by atoms with Crippen molar-refractivity contribution >= 4 is 0 Å². The van der Waals surface area contributed by atoms with Gasteiger partial charge in [-0.25, -0.2) is 0 Å². The van der Waals surface area contributed by atoms with Gasteiger partial charge < -0.3 is 9.73 Å². The summed E-state index contributed by atoms with van der Waals surface area (Å²) >= 11 is 0. The Morgan fingerprint density at radius 3 is 2.29 bits per heavy atom. The second-order valence-electron chi connectivity index (χ2n) is 6.01. The molecule has 0 aliphatic rings. The van der Waals surface area contributed by atoms with Crippen molar-refractivity contribution in [2.24, 2.45) is 5.92 Å². The maximum Gasteiger partial charge on any atom is 0.401 e. The van der Waals surface area contributed by atoms with Gasteiger partial charge >= 0.3 is 6.18 Å². The predicted molar refractivity (Wildman–Crippen MR) is 76.9 cm³/mol. The summed E-state index contributed by atoms with van der Waals surface area (Å²) in [5.41, 5.74) is 0. The first-order valence-corrected chi connectivity index (χ1v) is 7.26. The molecule has 0 amide bonds. The van der Waals surface area contributed by atoms with Gasteiger partial charge in [0.2, 0.25) is 0 Å². The molecule has 0 atom stereocenters. The Balaban J connectivity index is 2.54. The normalized spacial score (nSPS) is 12.9. The number of nitrogens with one attached hydrogen (secondary N) is 1. The molecule has 1 aromatic heterocycles. The summed E-state index contributed by atoms with van der Waals surface area (Å²) in [6, 6.07) is 3.37. The summed E-state index contributed by atoms with van der Waals surface area (Å²) in [5.74, 6) is 1.86. The maximum absolute atomic E-state index is 12.5. The molecule has 0 saturated carbocycles. The fourth-order valence-electron chi connectivity index (χ4n) is 1.94. The monoisotopic (exact) mass is 306 g/mol. The molecule has 0 aliphatic heterocycles. The van der Waals surface area contributed by atoms with Gasteiger partial charge in [-0.2, -0.15) is 13.2 Å². The average molecular weight is 306 g/mol. The van der Waals surface area contributed by atoms with E-state index >= 15 is 0 Å². The van der Waals surface area contributed by atoms with Crippen LogP contribution in [0.2, 0.25) is 0 Å². The lowest BCUT2D eigenvalue weighted by molar-refractivity contribution is -0.151. The quantitative estimate of drug-likeness (QED) is 0.792. The van der Waals surface area contributed by atoms with Crippen molar-refractivity contribution in [3.63, 3.8) is 0 Å². The fourth-order valence-corrected chi connectivity index (χ4v) is 1.94.